The number of halogens is 2. The summed E-state index contributed by atoms with van der Waals surface area (Å²) in [6, 6.07) is 26.0. The summed E-state index contributed by atoms with van der Waals surface area (Å²) in [6.45, 7) is 0. The number of hydrogen-bond acceptors (Lipinski definition) is 2. The van der Waals surface area contributed by atoms with E-state index in [1.165, 1.54) is 37.8 Å². The Hall–Kier alpha value is -1.22. The van der Waals surface area contributed by atoms with Crippen molar-refractivity contribution in [3.05, 3.63) is 101 Å². The van der Waals surface area contributed by atoms with Gasteiger partial charge in [0, 0.05) is 26.6 Å². The Morgan fingerprint density at radius 2 is 0.857 bits per heavy atom. The smallest absolute Gasteiger partial charge is 0.0449 e. The Morgan fingerprint density at radius 1 is 0.464 bits per heavy atom. The minimum Gasteiger partial charge on any atom is -0.135 e. The maximum absolute atomic E-state index is 2.33. The minimum absolute atomic E-state index is 1.23. The maximum Gasteiger partial charge on any atom is 0.0449 e. The Labute approximate surface area is 200 Å². The molecule has 0 unspecified atom stereocenters. The summed E-state index contributed by atoms with van der Waals surface area (Å²) in [5.74, 6) is 0. The molecule has 0 atom stereocenters. The van der Waals surface area contributed by atoms with Crippen LogP contribution in [0.2, 0.25) is 0 Å². The predicted molar refractivity (Wildman–Crippen MR) is 144 cm³/mol. The Kier molecular flexibility index (Phi) is 6.82. The van der Waals surface area contributed by atoms with Crippen LogP contribution in [0.1, 0.15) is 20.9 Å². The lowest BCUT2D eigenvalue weighted by Gasteiger charge is -1.93. The van der Waals surface area contributed by atoms with E-state index in [2.05, 4.69) is 142 Å². The van der Waals surface area contributed by atoms with Crippen LogP contribution in [-0.4, -0.2) is 0 Å². The molecule has 4 aromatic rings. The van der Waals surface area contributed by atoms with Crippen molar-refractivity contribution in [2.45, 2.75) is 0 Å². The molecule has 0 bridgehead atoms. The Balaban J connectivity index is 1.45. The van der Waals surface area contributed by atoms with Crippen molar-refractivity contribution in [1.82, 2.24) is 0 Å². The van der Waals surface area contributed by atoms with E-state index in [0.717, 1.165) is 0 Å². The SMILES string of the molecule is Ic1ccc(C=Cc2ccc(-c3ccc(C=Cc4ccc(I)cc4)s3)s2)cc1. The van der Waals surface area contributed by atoms with E-state index in [9.17, 15) is 0 Å². The fourth-order valence-corrected chi connectivity index (χ4v) is 5.28. The average Bonchev–Trinajstić information content (AvgIpc) is 3.36. The molecule has 138 valence electrons. The van der Waals surface area contributed by atoms with Gasteiger partial charge in [0.05, 0.1) is 0 Å². The first kappa shape index (κ1) is 20.1. The van der Waals surface area contributed by atoms with E-state index < -0.39 is 0 Å². The second-order valence-electron chi connectivity index (χ2n) is 6.17. The Bertz CT molecular complexity index is 1020. The fraction of sp³-hybridized carbons (Fsp3) is 0. The van der Waals surface area contributed by atoms with Crippen LogP contribution in [-0.2, 0) is 0 Å². The van der Waals surface area contributed by atoms with Gasteiger partial charge in [-0.05, 0) is 117 Å². The van der Waals surface area contributed by atoms with Crippen LogP contribution >= 0.6 is 67.9 Å². The van der Waals surface area contributed by atoms with E-state index in [4.69, 9.17) is 0 Å². The average molecular weight is 622 g/mol. The van der Waals surface area contributed by atoms with Crippen molar-refractivity contribution in [3.63, 3.8) is 0 Å². The molecule has 0 aliphatic rings. The van der Waals surface area contributed by atoms with Crippen molar-refractivity contribution in [3.8, 4) is 9.75 Å². The van der Waals surface area contributed by atoms with Gasteiger partial charge >= 0.3 is 0 Å². The normalized spacial score (nSPS) is 11.6. The minimum atomic E-state index is 1.23. The molecule has 2 aromatic carbocycles. The molecule has 28 heavy (non-hydrogen) atoms. The Morgan fingerprint density at radius 3 is 1.25 bits per heavy atom. The standard InChI is InChI=1S/C24H16I2S2/c25-19-7-1-17(2-8-19)5-11-21-13-15-23(27-21)24-16-14-22(28-24)12-6-18-3-9-20(26)10-4-18/h1-16H. The zero-order chi connectivity index (χ0) is 19.3. The summed E-state index contributed by atoms with van der Waals surface area (Å²) in [4.78, 5) is 5.19. The summed E-state index contributed by atoms with van der Waals surface area (Å²) >= 11 is 8.33. The fourth-order valence-electron chi connectivity index (χ4n) is 2.65. The van der Waals surface area contributed by atoms with Crippen LogP contribution in [0.25, 0.3) is 34.1 Å². The number of thiophene rings is 2. The van der Waals surface area contributed by atoms with E-state index in [-0.39, 0.29) is 0 Å². The maximum atomic E-state index is 2.33. The molecule has 0 spiro atoms. The van der Waals surface area contributed by atoms with E-state index in [1.54, 1.807) is 0 Å². The first-order valence-corrected chi connectivity index (χ1v) is 12.5. The highest BCUT2D eigenvalue weighted by atomic mass is 127. The third kappa shape index (κ3) is 5.43. The number of hydrogen-bond donors (Lipinski definition) is 0. The zero-order valence-electron chi connectivity index (χ0n) is 14.8. The van der Waals surface area contributed by atoms with Crippen LogP contribution in [0.4, 0.5) is 0 Å². The van der Waals surface area contributed by atoms with Crippen molar-refractivity contribution >= 4 is 92.2 Å². The van der Waals surface area contributed by atoms with Crippen molar-refractivity contribution in [1.29, 1.82) is 0 Å². The lowest BCUT2D eigenvalue weighted by Crippen LogP contribution is -1.72. The van der Waals surface area contributed by atoms with Gasteiger partial charge in [-0.1, -0.05) is 36.4 Å². The molecule has 0 radical (unpaired) electrons. The van der Waals surface area contributed by atoms with Crippen LogP contribution in [0.3, 0.4) is 0 Å². The number of benzene rings is 2. The van der Waals surface area contributed by atoms with Gasteiger partial charge in [0.2, 0.25) is 0 Å². The monoisotopic (exact) mass is 622 g/mol. The highest BCUT2D eigenvalue weighted by Crippen LogP contribution is 2.35. The highest BCUT2D eigenvalue weighted by molar-refractivity contribution is 14.1. The molecule has 0 saturated carbocycles. The first-order valence-electron chi connectivity index (χ1n) is 8.73. The molecule has 0 nitrogen and oxygen atoms in total. The van der Waals surface area contributed by atoms with Gasteiger partial charge in [0.1, 0.15) is 0 Å². The molecular formula is C24H16I2S2. The lowest BCUT2D eigenvalue weighted by atomic mass is 10.2. The lowest BCUT2D eigenvalue weighted by molar-refractivity contribution is 1.61. The van der Waals surface area contributed by atoms with Crippen LogP contribution in [0.5, 0.6) is 0 Å². The van der Waals surface area contributed by atoms with Crippen molar-refractivity contribution < 1.29 is 0 Å². The summed E-state index contributed by atoms with van der Waals surface area (Å²) in [5.41, 5.74) is 2.46. The predicted octanol–water partition coefficient (Wildman–Crippen LogP) is 9.03. The molecule has 0 aliphatic heterocycles. The zero-order valence-corrected chi connectivity index (χ0v) is 20.8. The molecular weight excluding hydrogens is 606 g/mol. The summed E-state index contributed by atoms with van der Waals surface area (Å²) < 4.78 is 2.52. The van der Waals surface area contributed by atoms with Gasteiger partial charge in [-0.2, -0.15) is 0 Å². The molecule has 0 fully saturated rings. The number of rotatable bonds is 5. The quantitative estimate of drug-likeness (QED) is 0.195. The van der Waals surface area contributed by atoms with Gasteiger partial charge in [-0.3, -0.25) is 0 Å². The molecule has 0 N–H and O–H groups in total. The molecule has 2 aromatic heterocycles. The second-order valence-corrected chi connectivity index (χ2v) is 10.9. The van der Waals surface area contributed by atoms with Gasteiger partial charge in [0.25, 0.3) is 0 Å². The van der Waals surface area contributed by atoms with Crippen LogP contribution in [0.15, 0.2) is 72.8 Å². The third-order valence-electron chi connectivity index (χ3n) is 4.12. The summed E-state index contributed by atoms with van der Waals surface area (Å²) in [6.07, 6.45) is 8.74. The van der Waals surface area contributed by atoms with E-state index in [1.807, 2.05) is 22.7 Å². The van der Waals surface area contributed by atoms with Gasteiger partial charge < -0.3 is 0 Å². The van der Waals surface area contributed by atoms with Crippen LogP contribution < -0.4 is 0 Å². The van der Waals surface area contributed by atoms with Crippen molar-refractivity contribution in [2.24, 2.45) is 0 Å². The molecule has 4 rings (SSSR count). The topological polar surface area (TPSA) is 0 Å². The molecule has 0 saturated heterocycles. The van der Waals surface area contributed by atoms with E-state index >= 15 is 0 Å². The first-order chi connectivity index (χ1) is 13.7. The molecule has 2 heterocycles. The summed E-state index contributed by atoms with van der Waals surface area (Å²) in [7, 11) is 0. The second kappa shape index (κ2) is 9.52. The van der Waals surface area contributed by atoms with Gasteiger partial charge in [-0.25, -0.2) is 0 Å². The molecule has 0 aliphatic carbocycles. The van der Waals surface area contributed by atoms with Gasteiger partial charge in [0.15, 0.2) is 0 Å². The van der Waals surface area contributed by atoms with Crippen LogP contribution in [0, 0.1) is 7.14 Å². The largest absolute Gasteiger partial charge is 0.135 e. The third-order valence-corrected chi connectivity index (χ3v) is 7.85. The summed E-state index contributed by atoms with van der Waals surface area (Å²) in [5, 5.41) is 0. The highest BCUT2D eigenvalue weighted by Gasteiger charge is 2.04. The molecule has 0 amide bonds. The van der Waals surface area contributed by atoms with Gasteiger partial charge in [-0.15, -0.1) is 22.7 Å². The van der Waals surface area contributed by atoms with Crippen molar-refractivity contribution in [2.75, 3.05) is 0 Å². The van der Waals surface area contributed by atoms with E-state index in [0.29, 0.717) is 0 Å². The molecule has 4 heteroatoms.